The Morgan fingerprint density at radius 1 is 0.878 bits per heavy atom. The number of hydrogen-bond acceptors (Lipinski definition) is 7. The van der Waals surface area contributed by atoms with E-state index in [0.29, 0.717) is 42.2 Å². The van der Waals surface area contributed by atoms with Crippen molar-refractivity contribution >= 4 is 36.7 Å². The van der Waals surface area contributed by atoms with E-state index in [4.69, 9.17) is 13.6 Å². The van der Waals surface area contributed by atoms with Crippen LogP contribution >= 0.6 is 19.2 Å². The molecule has 2 aromatic carbocycles. The Hall–Kier alpha value is -3.25. The number of carbonyl (C=O) groups excluding carboxylic acids is 1. The number of carboxylic acid groups (broad SMARTS) is 1. The van der Waals surface area contributed by atoms with Gasteiger partial charge in [0.1, 0.15) is 4.88 Å². The van der Waals surface area contributed by atoms with Crippen LogP contribution < -0.4 is 4.90 Å². The lowest BCUT2D eigenvalue weighted by molar-refractivity contribution is -0.124. The number of carbonyl (C=O) groups is 2. The molecule has 0 spiro atoms. The maximum absolute atomic E-state index is 14.3. The highest BCUT2D eigenvalue weighted by Crippen LogP contribution is 2.54. The molecule has 1 amide bonds. The van der Waals surface area contributed by atoms with Crippen LogP contribution in [0.1, 0.15) is 105 Å². The van der Waals surface area contributed by atoms with Gasteiger partial charge in [-0.1, -0.05) is 79.4 Å². The van der Waals surface area contributed by atoms with Crippen molar-refractivity contribution in [3.05, 3.63) is 87.6 Å². The van der Waals surface area contributed by atoms with Gasteiger partial charge in [0.15, 0.2) is 0 Å². The van der Waals surface area contributed by atoms with Gasteiger partial charge in [0.25, 0.3) is 0 Å². The number of amides is 1. The molecule has 0 aliphatic heterocycles. The monoisotopic (exact) mass is 705 g/mol. The van der Waals surface area contributed by atoms with Crippen molar-refractivity contribution < 1.29 is 32.8 Å². The third-order valence-electron chi connectivity index (χ3n) is 9.08. The summed E-state index contributed by atoms with van der Waals surface area (Å²) < 4.78 is 32.0. The van der Waals surface area contributed by atoms with E-state index in [1.165, 1.54) is 0 Å². The molecule has 0 radical (unpaired) electrons. The maximum atomic E-state index is 14.3. The first-order chi connectivity index (χ1) is 23.4. The predicted octanol–water partition coefficient (Wildman–Crippen LogP) is 9.87. The molecule has 3 aromatic rings. The summed E-state index contributed by atoms with van der Waals surface area (Å²) in [6, 6.07) is 20.5. The SMILES string of the molecule is CC(C)(C)C#Cc1cc(N(C(=O)[C@H]2CC[C@H](C)CC2)[C@H]2CC[C@H](OP(=O)(OCc3ccccc3)OCc3ccccc3)CC2)c(C(=O)O)s1. The third-order valence-corrected chi connectivity index (χ3v) is 11.6. The van der Waals surface area contributed by atoms with Crippen LogP contribution in [0.4, 0.5) is 5.69 Å². The molecule has 1 aromatic heterocycles. The van der Waals surface area contributed by atoms with E-state index in [0.717, 1.165) is 48.1 Å². The standard InChI is InChI=1S/C39H48NO7PS/c1-28-15-17-31(18-16-28)37(41)40(35-25-34(23-24-39(2,3)4)49-36(35)38(42)43)32-19-21-33(22-20-32)47-48(44,45-26-29-11-7-5-8-12-29)46-27-30-13-9-6-10-14-30/h5-14,25,28,31-33H,15-22,26-27H2,1-4H3,(H,42,43)/t28-,31-,32-,33-. The van der Waals surface area contributed by atoms with Gasteiger partial charge in [-0.25, -0.2) is 9.36 Å². The molecule has 0 saturated heterocycles. The quantitative estimate of drug-likeness (QED) is 0.148. The van der Waals surface area contributed by atoms with Crippen molar-refractivity contribution in [2.24, 2.45) is 17.3 Å². The van der Waals surface area contributed by atoms with Crippen molar-refractivity contribution in [2.75, 3.05) is 4.90 Å². The fraction of sp³-hybridized carbons (Fsp3) is 0.487. The molecular weight excluding hydrogens is 657 g/mol. The summed E-state index contributed by atoms with van der Waals surface area (Å²) in [4.78, 5) is 29.4. The summed E-state index contributed by atoms with van der Waals surface area (Å²) in [6.45, 7) is 8.37. The highest BCUT2D eigenvalue weighted by molar-refractivity contribution is 7.48. The first kappa shape index (κ1) is 37.0. The van der Waals surface area contributed by atoms with Gasteiger partial charge in [-0.3, -0.25) is 18.4 Å². The lowest BCUT2D eigenvalue weighted by Crippen LogP contribution is -2.47. The number of phosphoric ester groups is 1. The van der Waals surface area contributed by atoms with Gasteiger partial charge < -0.3 is 10.0 Å². The molecular formula is C39H48NO7PS. The van der Waals surface area contributed by atoms with E-state index < -0.39 is 19.9 Å². The average molecular weight is 706 g/mol. The van der Waals surface area contributed by atoms with Crippen molar-refractivity contribution in [3.8, 4) is 11.8 Å². The van der Waals surface area contributed by atoms with E-state index >= 15 is 0 Å². The van der Waals surface area contributed by atoms with Crippen LogP contribution in [0.15, 0.2) is 66.7 Å². The molecule has 1 N–H and O–H groups in total. The minimum Gasteiger partial charge on any atom is -0.477 e. The Morgan fingerprint density at radius 2 is 1.43 bits per heavy atom. The number of nitrogens with zero attached hydrogens (tertiary/aromatic N) is 1. The summed E-state index contributed by atoms with van der Waals surface area (Å²) in [5, 5.41) is 10.3. The maximum Gasteiger partial charge on any atom is 0.475 e. The zero-order valence-electron chi connectivity index (χ0n) is 28.9. The van der Waals surface area contributed by atoms with Crippen molar-refractivity contribution in [1.82, 2.24) is 0 Å². The minimum atomic E-state index is -3.98. The van der Waals surface area contributed by atoms with Crippen molar-refractivity contribution in [2.45, 2.75) is 104 Å². The number of carboxylic acids is 1. The molecule has 10 heteroatoms. The van der Waals surface area contributed by atoms with Crippen LogP contribution in [0.3, 0.4) is 0 Å². The second-order valence-electron chi connectivity index (χ2n) is 14.3. The van der Waals surface area contributed by atoms with Crippen molar-refractivity contribution in [1.29, 1.82) is 0 Å². The van der Waals surface area contributed by atoms with Crippen LogP contribution in [0.25, 0.3) is 0 Å². The van der Waals surface area contributed by atoms with Crippen LogP contribution in [0.5, 0.6) is 0 Å². The fourth-order valence-electron chi connectivity index (χ4n) is 6.37. The first-order valence-electron chi connectivity index (χ1n) is 17.3. The summed E-state index contributed by atoms with van der Waals surface area (Å²) in [5.41, 5.74) is 1.86. The Labute approximate surface area is 294 Å². The molecule has 2 saturated carbocycles. The largest absolute Gasteiger partial charge is 0.477 e. The van der Waals surface area contributed by atoms with Gasteiger partial charge in [-0.2, -0.15) is 0 Å². The lowest BCUT2D eigenvalue weighted by atomic mass is 9.81. The second-order valence-corrected chi connectivity index (χ2v) is 17.0. The van der Waals surface area contributed by atoms with Crippen LogP contribution in [-0.2, 0) is 36.1 Å². The van der Waals surface area contributed by atoms with E-state index in [1.54, 1.807) is 11.0 Å². The van der Waals surface area contributed by atoms with E-state index in [9.17, 15) is 19.3 Å². The molecule has 2 aliphatic rings. The molecule has 0 bridgehead atoms. The van der Waals surface area contributed by atoms with Gasteiger partial charge in [0.2, 0.25) is 5.91 Å². The van der Waals surface area contributed by atoms with Gasteiger partial charge >= 0.3 is 13.8 Å². The van der Waals surface area contributed by atoms with Gasteiger partial charge in [-0.05, 0) is 95.2 Å². The summed E-state index contributed by atoms with van der Waals surface area (Å²) in [5.74, 6) is 5.68. The molecule has 1 heterocycles. The minimum absolute atomic E-state index is 0.0186. The highest BCUT2D eigenvalue weighted by atomic mass is 32.1. The number of thiophene rings is 1. The molecule has 2 aliphatic carbocycles. The van der Waals surface area contributed by atoms with E-state index in [1.807, 2.05) is 81.4 Å². The summed E-state index contributed by atoms with van der Waals surface area (Å²) >= 11 is 1.12. The zero-order valence-corrected chi connectivity index (χ0v) is 30.6. The average Bonchev–Trinajstić information content (AvgIpc) is 3.52. The number of rotatable bonds is 12. The summed E-state index contributed by atoms with van der Waals surface area (Å²) in [6.07, 6.45) is 5.23. The third kappa shape index (κ3) is 10.6. The Kier molecular flexibility index (Phi) is 12.6. The highest BCUT2D eigenvalue weighted by Gasteiger charge is 2.40. The predicted molar refractivity (Wildman–Crippen MR) is 193 cm³/mol. The first-order valence-corrected chi connectivity index (χ1v) is 19.6. The Morgan fingerprint density at radius 3 is 1.94 bits per heavy atom. The number of benzene rings is 2. The Bertz CT molecular complexity index is 1610. The number of aromatic carboxylic acids is 1. The molecule has 0 atom stereocenters. The van der Waals surface area contributed by atoms with Crippen LogP contribution in [-0.4, -0.2) is 29.1 Å². The van der Waals surface area contributed by atoms with Gasteiger partial charge in [0.05, 0.1) is 29.9 Å². The molecule has 5 rings (SSSR count). The van der Waals surface area contributed by atoms with Gasteiger partial charge in [0, 0.05) is 17.4 Å². The lowest BCUT2D eigenvalue weighted by Gasteiger charge is -2.39. The normalized spacial score (nSPS) is 21.4. The van der Waals surface area contributed by atoms with Crippen LogP contribution in [0.2, 0.25) is 0 Å². The summed E-state index contributed by atoms with van der Waals surface area (Å²) in [7, 11) is -3.98. The number of phosphoric acid groups is 1. The topological polar surface area (TPSA) is 102 Å². The molecule has 262 valence electrons. The molecule has 0 unspecified atom stereocenters. The van der Waals surface area contributed by atoms with E-state index in [2.05, 4.69) is 18.8 Å². The van der Waals surface area contributed by atoms with Crippen molar-refractivity contribution in [3.63, 3.8) is 0 Å². The fourth-order valence-corrected chi connectivity index (χ4v) is 8.60. The molecule has 49 heavy (non-hydrogen) atoms. The number of anilines is 1. The Balaban J connectivity index is 1.35. The number of hydrogen-bond donors (Lipinski definition) is 1. The second kappa shape index (κ2) is 16.6. The smallest absolute Gasteiger partial charge is 0.475 e. The zero-order chi connectivity index (χ0) is 35.0. The van der Waals surface area contributed by atoms with Crippen LogP contribution in [0, 0.1) is 29.1 Å². The molecule has 2 fully saturated rings. The van der Waals surface area contributed by atoms with Gasteiger partial charge in [-0.15, -0.1) is 11.3 Å². The molecule has 8 nitrogen and oxygen atoms in total. The van der Waals surface area contributed by atoms with E-state index in [-0.39, 0.29) is 41.4 Å².